The van der Waals surface area contributed by atoms with Gasteiger partial charge in [0.25, 0.3) is 0 Å². The lowest BCUT2D eigenvalue weighted by Crippen LogP contribution is -2.28. The van der Waals surface area contributed by atoms with Gasteiger partial charge in [-0.25, -0.2) is 9.97 Å². The van der Waals surface area contributed by atoms with E-state index in [-0.39, 0.29) is 0 Å². The summed E-state index contributed by atoms with van der Waals surface area (Å²) in [4.78, 5) is 8.29. The molecule has 1 aliphatic carbocycles. The number of hydrogen-bond acceptors (Lipinski definition) is 5. The number of ether oxygens (including phenoxy) is 2. The highest BCUT2D eigenvalue weighted by Crippen LogP contribution is 2.26. The van der Waals surface area contributed by atoms with Gasteiger partial charge in [0, 0.05) is 12.6 Å². The first-order valence-electron chi connectivity index (χ1n) is 7.39. The van der Waals surface area contributed by atoms with Gasteiger partial charge in [0.15, 0.2) is 0 Å². The molecule has 112 valence electrons. The fourth-order valence-electron chi connectivity index (χ4n) is 2.82. The van der Waals surface area contributed by atoms with E-state index < -0.39 is 0 Å². The molecule has 1 aromatic heterocycles. The van der Waals surface area contributed by atoms with Crippen LogP contribution < -0.4 is 14.8 Å². The molecule has 0 radical (unpaired) electrons. The minimum absolute atomic E-state index is 0.564. The van der Waals surface area contributed by atoms with E-state index in [9.17, 15) is 0 Å². The summed E-state index contributed by atoms with van der Waals surface area (Å²) in [5.41, 5.74) is 0.898. The van der Waals surface area contributed by atoms with Crippen LogP contribution in [-0.4, -0.2) is 30.2 Å². The van der Waals surface area contributed by atoms with Gasteiger partial charge in [0.1, 0.15) is 6.33 Å². The highest BCUT2D eigenvalue weighted by atomic mass is 16.5. The maximum Gasteiger partial charge on any atom is 0.224 e. The van der Waals surface area contributed by atoms with Crippen molar-refractivity contribution < 1.29 is 9.47 Å². The van der Waals surface area contributed by atoms with Crippen molar-refractivity contribution >= 4 is 0 Å². The Kier molecular flexibility index (Phi) is 5.59. The van der Waals surface area contributed by atoms with Crippen LogP contribution in [0, 0.1) is 5.92 Å². The fraction of sp³-hybridized carbons (Fsp3) is 0.733. The van der Waals surface area contributed by atoms with E-state index >= 15 is 0 Å². The van der Waals surface area contributed by atoms with Crippen LogP contribution in [0.5, 0.6) is 11.8 Å². The average molecular weight is 279 g/mol. The normalized spacial score (nSPS) is 23.1. The standard InChI is InChI=1S/C15H25N3O2/c1-11-5-4-6-12(8-7-11)16-9-13-14(19-2)17-10-18-15(13)20-3/h10-12,16H,4-9H2,1-3H3. The Balaban J connectivity index is 1.99. The molecule has 1 N–H and O–H groups in total. The van der Waals surface area contributed by atoms with Crippen LogP contribution >= 0.6 is 0 Å². The van der Waals surface area contributed by atoms with Crippen LogP contribution in [0.15, 0.2) is 6.33 Å². The van der Waals surface area contributed by atoms with Gasteiger partial charge in [0.05, 0.1) is 19.8 Å². The molecule has 2 rings (SSSR count). The van der Waals surface area contributed by atoms with Crippen molar-refractivity contribution in [2.45, 2.75) is 51.6 Å². The van der Waals surface area contributed by atoms with Gasteiger partial charge in [-0.1, -0.05) is 19.8 Å². The molecule has 1 heterocycles. The summed E-state index contributed by atoms with van der Waals surface area (Å²) in [5.74, 6) is 2.03. The Morgan fingerprint density at radius 1 is 1.10 bits per heavy atom. The van der Waals surface area contributed by atoms with Gasteiger partial charge in [-0.15, -0.1) is 0 Å². The van der Waals surface area contributed by atoms with Gasteiger partial charge in [-0.3, -0.25) is 0 Å². The number of nitrogens with zero attached hydrogens (tertiary/aromatic N) is 2. The summed E-state index contributed by atoms with van der Waals surface area (Å²) < 4.78 is 10.6. The van der Waals surface area contributed by atoms with Crippen LogP contribution in [0.25, 0.3) is 0 Å². The Hall–Kier alpha value is -1.36. The lowest BCUT2D eigenvalue weighted by atomic mass is 10.0. The summed E-state index contributed by atoms with van der Waals surface area (Å²) in [6.07, 6.45) is 7.89. The van der Waals surface area contributed by atoms with Gasteiger partial charge in [-0.2, -0.15) is 0 Å². The quantitative estimate of drug-likeness (QED) is 0.839. The van der Waals surface area contributed by atoms with E-state index in [1.807, 2.05) is 0 Å². The molecule has 20 heavy (non-hydrogen) atoms. The summed E-state index contributed by atoms with van der Waals surface area (Å²) >= 11 is 0. The van der Waals surface area contributed by atoms with Crippen molar-refractivity contribution in [3.8, 4) is 11.8 Å². The van der Waals surface area contributed by atoms with Crippen molar-refractivity contribution in [3.05, 3.63) is 11.9 Å². The predicted molar refractivity (Wildman–Crippen MR) is 78.0 cm³/mol. The maximum atomic E-state index is 5.30. The minimum atomic E-state index is 0.564. The molecule has 1 fully saturated rings. The molecule has 5 nitrogen and oxygen atoms in total. The number of hydrogen-bond donors (Lipinski definition) is 1. The average Bonchev–Trinajstić information content (AvgIpc) is 2.69. The lowest BCUT2D eigenvalue weighted by molar-refractivity contribution is 0.353. The second-order valence-corrected chi connectivity index (χ2v) is 5.56. The van der Waals surface area contributed by atoms with Crippen LogP contribution in [0.2, 0.25) is 0 Å². The molecule has 1 aliphatic rings. The molecule has 0 aliphatic heterocycles. The minimum Gasteiger partial charge on any atom is -0.481 e. The molecule has 0 saturated heterocycles. The van der Waals surface area contributed by atoms with Crippen molar-refractivity contribution in [1.29, 1.82) is 0 Å². The molecule has 5 heteroatoms. The Morgan fingerprint density at radius 2 is 1.80 bits per heavy atom. The zero-order chi connectivity index (χ0) is 14.4. The first kappa shape index (κ1) is 15.0. The zero-order valence-corrected chi connectivity index (χ0v) is 12.7. The summed E-state index contributed by atoms with van der Waals surface area (Å²) in [6, 6.07) is 0.564. The maximum absolute atomic E-state index is 5.30. The molecular weight excluding hydrogens is 254 g/mol. The molecule has 0 amide bonds. The lowest BCUT2D eigenvalue weighted by Gasteiger charge is -2.18. The van der Waals surface area contributed by atoms with Crippen LogP contribution in [0.4, 0.5) is 0 Å². The van der Waals surface area contributed by atoms with E-state index in [1.165, 1.54) is 38.4 Å². The largest absolute Gasteiger partial charge is 0.481 e. The van der Waals surface area contributed by atoms with Gasteiger partial charge in [0.2, 0.25) is 11.8 Å². The molecule has 1 aromatic rings. The molecular formula is C15H25N3O2. The Bertz CT molecular complexity index is 403. The van der Waals surface area contributed by atoms with Gasteiger partial charge >= 0.3 is 0 Å². The SMILES string of the molecule is COc1ncnc(OC)c1CNC1CCCC(C)CC1. The monoisotopic (exact) mass is 279 g/mol. The Morgan fingerprint density at radius 3 is 2.45 bits per heavy atom. The van der Waals surface area contributed by atoms with Crippen molar-refractivity contribution in [3.63, 3.8) is 0 Å². The Labute approximate surface area is 121 Å². The fourth-order valence-corrected chi connectivity index (χ4v) is 2.82. The number of rotatable bonds is 5. The highest BCUT2D eigenvalue weighted by Gasteiger charge is 2.18. The summed E-state index contributed by atoms with van der Waals surface area (Å²) in [6.45, 7) is 3.03. The predicted octanol–water partition coefficient (Wildman–Crippen LogP) is 2.55. The second-order valence-electron chi connectivity index (χ2n) is 5.56. The third-order valence-electron chi connectivity index (χ3n) is 4.08. The van der Waals surface area contributed by atoms with Crippen LogP contribution in [0.1, 0.15) is 44.6 Å². The molecule has 2 unspecified atom stereocenters. The molecule has 0 bridgehead atoms. The first-order valence-corrected chi connectivity index (χ1v) is 7.39. The highest BCUT2D eigenvalue weighted by molar-refractivity contribution is 5.34. The van der Waals surface area contributed by atoms with Crippen LogP contribution in [0.3, 0.4) is 0 Å². The van der Waals surface area contributed by atoms with E-state index in [0.717, 1.165) is 11.5 Å². The van der Waals surface area contributed by atoms with Gasteiger partial charge < -0.3 is 14.8 Å². The smallest absolute Gasteiger partial charge is 0.224 e. The van der Waals surface area contributed by atoms with E-state index in [4.69, 9.17) is 9.47 Å². The first-order chi connectivity index (χ1) is 9.74. The van der Waals surface area contributed by atoms with Gasteiger partial charge in [-0.05, 0) is 25.2 Å². The number of nitrogens with one attached hydrogen (secondary N) is 1. The summed E-state index contributed by atoms with van der Waals surface area (Å²) in [7, 11) is 3.25. The van der Waals surface area contributed by atoms with Crippen LogP contribution in [-0.2, 0) is 6.54 Å². The van der Waals surface area contributed by atoms with Crippen molar-refractivity contribution in [2.24, 2.45) is 5.92 Å². The molecule has 0 aromatic carbocycles. The van der Waals surface area contributed by atoms with E-state index in [1.54, 1.807) is 14.2 Å². The molecule has 1 saturated carbocycles. The van der Waals surface area contributed by atoms with Crippen molar-refractivity contribution in [1.82, 2.24) is 15.3 Å². The molecule has 0 spiro atoms. The van der Waals surface area contributed by atoms with E-state index in [0.29, 0.717) is 24.3 Å². The third-order valence-corrected chi connectivity index (χ3v) is 4.08. The summed E-state index contributed by atoms with van der Waals surface area (Å²) in [5, 5.41) is 3.61. The third kappa shape index (κ3) is 3.82. The van der Waals surface area contributed by atoms with E-state index in [2.05, 4.69) is 22.2 Å². The molecule has 2 atom stereocenters. The zero-order valence-electron chi connectivity index (χ0n) is 12.7. The second kappa shape index (κ2) is 7.43. The number of aromatic nitrogens is 2. The van der Waals surface area contributed by atoms with Crippen molar-refractivity contribution in [2.75, 3.05) is 14.2 Å². The topological polar surface area (TPSA) is 56.3 Å². The number of methoxy groups -OCH3 is 2.